The largest absolute Gasteiger partial charge is 0.207 e. The van der Waals surface area contributed by atoms with E-state index in [9.17, 15) is 9.65 Å². The number of rotatable bonds is 3. The van der Waals surface area contributed by atoms with Gasteiger partial charge < -0.3 is 0 Å². The molecule has 0 radical (unpaired) electrons. The van der Waals surface area contributed by atoms with Gasteiger partial charge in [-0.3, -0.25) is 0 Å². The van der Waals surface area contributed by atoms with E-state index in [4.69, 9.17) is 5.26 Å². The van der Waals surface area contributed by atoms with Crippen LogP contribution < -0.4 is 0 Å². The Hall–Kier alpha value is -2.65. The van der Waals surface area contributed by atoms with Gasteiger partial charge in [0.1, 0.15) is 5.82 Å². The summed E-state index contributed by atoms with van der Waals surface area (Å²) in [5, 5.41) is 17.9. The lowest BCUT2D eigenvalue weighted by Crippen LogP contribution is -2.01. The predicted octanol–water partition coefficient (Wildman–Crippen LogP) is 3.55. The van der Waals surface area contributed by atoms with Gasteiger partial charge in [0.15, 0.2) is 0 Å². The second-order valence-electron chi connectivity index (χ2n) is 4.25. The first-order chi connectivity index (χ1) is 9.22. The van der Waals surface area contributed by atoms with Gasteiger partial charge in [0, 0.05) is 0 Å². The number of hydrogen-bond donors (Lipinski definition) is 0. The first-order valence-corrected chi connectivity index (χ1v) is 5.87. The minimum atomic E-state index is -0.386. The van der Waals surface area contributed by atoms with Crippen molar-refractivity contribution in [1.82, 2.24) is 0 Å². The summed E-state index contributed by atoms with van der Waals surface area (Å²) in [6.45, 7) is 0. The zero-order valence-electron chi connectivity index (χ0n) is 10.2. The number of hydrogen-bond acceptors (Lipinski definition) is 2. The summed E-state index contributed by atoms with van der Waals surface area (Å²) in [6, 6.07) is 17.4. The minimum Gasteiger partial charge on any atom is -0.207 e. The van der Waals surface area contributed by atoms with E-state index in [1.54, 1.807) is 24.3 Å². The third-order valence-corrected chi connectivity index (χ3v) is 2.93. The third-order valence-electron chi connectivity index (χ3n) is 2.93. The molecule has 92 valence electrons. The fraction of sp³-hybridized carbons (Fsp3) is 0.125. The summed E-state index contributed by atoms with van der Waals surface area (Å²) in [7, 11) is 0. The van der Waals surface area contributed by atoms with Gasteiger partial charge in [-0.1, -0.05) is 24.3 Å². The molecule has 0 aromatic heterocycles. The SMILES string of the molecule is N#Cc1ccc(CC(C#N)c2cccc(F)c2)cc1. The summed E-state index contributed by atoms with van der Waals surface area (Å²) in [6.07, 6.45) is 0.506. The number of nitrogens with zero attached hydrogens (tertiary/aromatic N) is 2. The van der Waals surface area contributed by atoms with Gasteiger partial charge in [-0.05, 0) is 41.8 Å². The highest BCUT2D eigenvalue weighted by Crippen LogP contribution is 2.21. The van der Waals surface area contributed by atoms with Gasteiger partial charge in [-0.15, -0.1) is 0 Å². The third kappa shape index (κ3) is 3.18. The van der Waals surface area contributed by atoms with Crippen molar-refractivity contribution in [1.29, 1.82) is 10.5 Å². The standard InChI is InChI=1S/C16H11FN2/c17-16-3-1-2-14(9-16)15(11-19)8-12-4-6-13(10-18)7-5-12/h1-7,9,15H,8H2. The van der Waals surface area contributed by atoms with Crippen LogP contribution in [0.2, 0.25) is 0 Å². The van der Waals surface area contributed by atoms with Crippen molar-refractivity contribution in [3.8, 4) is 12.1 Å². The van der Waals surface area contributed by atoms with Gasteiger partial charge in [-0.2, -0.15) is 10.5 Å². The number of nitriles is 2. The fourth-order valence-electron chi connectivity index (χ4n) is 1.91. The van der Waals surface area contributed by atoms with Crippen molar-refractivity contribution < 1.29 is 4.39 Å². The molecule has 0 fully saturated rings. The molecular formula is C16H11FN2. The predicted molar refractivity (Wildman–Crippen MR) is 69.6 cm³/mol. The summed E-state index contributed by atoms with van der Waals surface area (Å²) in [4.78, 5) is 0. The highest BCUT2D eigenvalue weighted by molar-refractivity contribution is 5.34. The van der Waals surface area contributed by atoms with Crippen molar-refractivity contribution in [2.24, 2.45) is 0 Å². The van der Waals surface area contributed by atoms with Crippen LogP contribution in [0.5, 0.6) is 0 Å². The van der Waals surface area contributed by atoms with E-state index in [0.29, 0.717) is 17.5 Å². The molecule has 0 saturated heterocycles. The first kappa shape index (κ1) is 12.8. The van der Waals surface area contributed by atoms with E-state index in [1.807, 2.05) is 18.2 Å². The lowest BCUT2D eigenvalue weighted by Gasteiger charge is -2.09. The van der Waals surface area contributed by atoms with Crippen LogP contribution in [0.15, 0.2) is 48.5 Å². The zero-order valence-corrected chi connectivity index (χ0v) is 10.2. The molecule has 19 heavy (non-hydrogen) atoms. The molecule has 0 aliphatic heterocycles. The second-order valence-corrected chi connectivity index (χ2v) is 4.25. The molecule has 1 atom stereocenters. The Balaban J connectivity index is 2.20. The Labute approximate surface area is 111 Å². The number of halogens is 1. The van der Waals surface area contributed by atoms with Crippen LogP contribution in [0.3, 0.4) is 0 Å². The minimum absolute atomic E-state index is 0.336. The molecule has 3 heteroatoms. The topological polar surface area (TPSA) is 47.6 Å². The Kier molecular flexibility index (Phi) is 3.90. The Morgan fingerprint density at radius 1 is 1.05 bits per heavy atom. The van der Waals surface area contributed by atoms with Gasteiger partial charge in [0.2, 0.25) is 0 Å². The quantitative estimate of drug-likeness (QED) is 0.836. The van der Waals surface area contributed by atoms with Crippen LogP contribution in [0.4, 0.5) is 4.39 Å². The van der Waals surface area contributed by atoms with Crippen molar-refractivity contribution in [2.75, 3.05) is 0 Å². The van der Waals surface area contributed by atoms with E-state index in [2.05, 4.69) is 6.07 Å². The van der Waals surface area contributed by atoms with E-state index in [0.717, 1.165) is 5.56 Å². The molecule has 0 heterocycles. The smallest absolute Gasteiger partial charge is 0.123 e. The monoisotopic (exact) mass is 250 g/mol. The lowest BCUT2D eigenvalue weighted by molar-refractivity contribution is 0.623. The van der Waals surface area contributed by atoms with Crippen LogP contribution in [-0.4, -0.2) is 0 Å². The zero-order chi connectivity index (χ0) is 13.7. The summed E-state index contributed by atoms with van der Waals surface area (Å²) < 4.78 is 13.2. The molecule has 2 aromatic rings. The average Bonchev–Trinajstić information content (AvgIpc) is 2.45. The van der Waals surface area contributed by atoms with Crippen molar-refractivity contribution >= 4 is 0 Å². The molecule has 2 rings (SSSR count). The molecular weight excluding hydrogens is 239 g/mol. The Morgan fingerprint density at radius 2 is 1.79 bits per heavy atom. The lowest BCUT2D eigenvalue weighted by atomic mass is 9.93. The molecule has 0 bridgehead atoms. The Morgan fingerprint density at radius 3 is 2.37 bits per heavy atom. The van der Waals surface area contributed by atoms with Crippen molar-refractivity contribution in [3.05, 3.63) is 71.0 Å². The van der Waals surface area contributed by atoms with Gasteiger partial charge in [0.25, 0.3) is 0 Å². The first-order valence-electron chi connectivity index (χ1n) is 5.87. The fourth-order valence-corrected chi connectivity index (χ4v) is 1.91. The maximum atomic E-state index is 13.2. The van der Waals surface area contributed by atoms with Gasteiger partial charge >= 0.3 is 0 Å². The molecule has 1 unspecified atom stereocenters. The van der Waals surface area contributed by atoms with E-state index >= 15 is 0 Å². The molecule has 0 amide bonds. The summed E-state index contributed by atoms with van der Waals surface area (Å²) in [5.41, 5.74) is 2.21. The molecule has 0 aliphatic carbocycles. The second kappa shape index (κ2) is 5.80. The number of benzene rings is 2. The van der Waals surface area contributed by atoms with E-state index < -0.39 is 0 Å². The van der Waals surface area contributed by atoms with E-state index in [1.165, 1.54) is 12.1 Å². The van der Waals surface area contributed by atoms with Crippen LogP contribution in [-0.2, 0) is 6.42 Å². The molecule has 0 N–H and O–H groups in total. The average molecular weight is 250 g/mol. The molecule has 0 aliphatic rings. The van der Waals surface area contributed by atoms with Gasteiger partial charge in [0.05, 0.1) is 23.6 Å². The summed E-state index contributed by atoms with van der Waals surface area (Å²) >= 11 is 0. The molecule has 2 nitrogen and oxygen atoms in total. The van der Waals surface area contributed by atoms with Crippen molar-refractivity contribution in [3.63, 3.8) is 0 Å². The van der Waals surface area contributed by atoms with Crippen molar-refractivity contribution in [2.45, 2.75) is 12.3 Å². The van der Waals surface area contributed by atoms with Crippen LogP contribution in [0, 0.1) is 28.5 Å². The normalized spacial score (nSPS) is 11.3. The molecule has 2 aromatic carbocycles. The highest BCUT2D eigenvalue weighted by Gasteiger charge is 2.12. The highest BCUT2D eigenvalue weighted by atomic mass is 19.1. The van der Waals surface area contributed by atoms with E-state index in [-0.39, 0.29) is 11.7 Å². The van der Waals surface area contributed by atoms with Crippen LogP contribution in [0.1, 0.15) is 22.6 Å². The van der Waals surface area contributed by atoms with Crippen LogP contribution >= 0.6 is 0 Å². The maximum Gasteiger partial charge on any atom is 0.123 e. The molecule has 0 spiro atoms. The van der Waals surface area contributed by atoms with Gasteiger partial charge in [-0.25, -0.2) is 4.39 Å². The maximum absolute atomic E-state index is 13.2. The molecule has 0 saturated carbocycles. The Bertz CT molecular complexity index is 648. The van der Waals surface area contributed by atoms with Crippen LogP contribution in [0.25, 0.3) is 0 Å². The summed E-state index contributed by atoms with van der Waals surface area (Å²) in [5.74, 6) is -0.721.